The number of hydrogen-bond donors (Lipinski definition) is 2. The summed E-state index contributed by atoms with van der Waals surface area (Å²) < 4.78 is 41.3. The van der Waals surface area contributed by atoms with Gasteiger partial charge in [-0.2, -0.15) is 0 Å². The summed E-state index contributed by atoms with van der Waals surface area (Å²) in [6.45, 7) is 2.01. The fourth-order valence-electron chi connectivity index (χ4n) is 2.07. The molecule has 0 fully saturated rings. The molecule has 0 atom stereocenters. The molecule has 0 aliphatic heterocycles. The van der Waals surface area contributed by atoms with Crippen molar-refractivity contribution in [3.05, 3.63) is 59.4 Å². The second-order valence-corrected chi connectivity index (χ2v) is 4.42. The minimum atomic E-state index is -0.827. The average molecular weight is 293 g/mol. The van der Waals surface area contributed by atoms with Crippen molar-refractivity contribution in [3.8, 4) is 0 Å². The van der Waals surface area contributed by atoms with Crippen LogP contribution in [0.5, 0.6) is 0 Å². The van der Waals surface area contributed by atoms with Gasteiger partial charge in [0.2, 0.25) is 0 Å². The number of nitrogens with one attached hydrogen (secondary N) is 1. The van der Waals surface area contributed by atoms with E-state index in [1.165, 1.54) is 29.2 Å². The van der Waals surface area contributed by atoms with Crippen LogP contribution in [0.3, 0.4) is 0 Å². The molecule has 0 amide bonds. The minimum absolute atomic E-state index is 0.0242. The van der Waals surface area contributed by atoms with E-state index in [1.807, 2.05) is 0 Å². The van der Waals surface area contributed by atoms with Gasteiger partial charge in [-0.15, -0.1) is 0 Å². The first kappa shape index (κ1) is 14.9. The van der Waals surface area contributed by atoms with Gasteiger partial charge < -0.3 is 10.6 Å². The van der Waals surface area contributed by atoms with Crippen LogP contribution in [0.25, 0.3) is 0 Å². The van der Waals surface area contributed by atoms with Crippen LogP contribution in [0.4, 0.5) is 24.5 Å². The van der Waals surface area contributed by atoms with E-state index in [-0.39, 0.29) is 11.3 Å². The molecule has 110 valence electrons. The van der Waals surface area contributed by atoms with Crippen molar-refractivity contribution in [2.45, 2.75) is 6.92 Å². The molecule has 6 heteroatoms. The first-order valence-corrected chi connectivity index (χ1v) is 6.30. The molecule has 2 aromatic rings. The Bertz CT molecular complexity index is 645. The molecule has 0 spiro atoms. The van der Waals surface area contributed by atoms with E-state index in [4.69, 9.17) is 11.1 Å². The lowest BCUT2D eigenvalue weighted by molar-refractivity contribution is 0.580. The topological polar surface area (TPSA) is 53.1 Å². The number of anilines is 2. The third kappa shape index (κ3) is 2.99. The molecule has 21 heavy (non-hydrogen) atoms. The quantitative estimate of drug-likeness (QED) is 0.669. The van der Waals surface area contributed by atoms with E-state index in [1.54, 1.807) is 6.92 Å². The maximum Gasteiger partial charge on any atom is 0.150 e. The highest BCUT2D eigenvalue weighted by atomic mass is 19.1. The fraction of sp³-hybridized carbons (Fsp3) is 0.133. The lowest BCUT2D eigenvalue weighted by Crippen LogP contribution is -2.20. The van der Waals surface area contributed by atoms with Gasteiger partial charge >= 0.3 is 0 Å². The van der Waals surface area contributed by atoms with E-state index in [9.17, 15) is 13.2 Å². The third-order valence-corrected chi connectivity index (χ3v) is 3.05. The molecular formula is C15H14F3N3. The molecule has 0 radical (unpaired) electrons. The van der Waals surface area contributed by atoms with Crippen molar-refractivity contribution < 1.29 is 13.2 Å². The second-order valence-electron chi connectivity index (χ2n) is 4.42. The maximum absolute atomic E-state index is 14.2. The van der Waals surface area contributed by atoms with Crippen molar-refractivity contribution in [2.24, 2.45) is 5.73 Å². The number of nitrogens with two attached hydrogens (primary N) is 1. The molecule has 3 N–H and O–H groups in total. The SMILES string of the molecule is CCN(c1ccc(F)cc1)c1c(F)cc(C(=N)N)cc1F. The van der Waals surface area contributed by atoms with Gasteiger partial charge in [0.05, 0.1) is 0 Å². The number of amidine groups is 1. The zero-order valence-corrected chi connectivity index (χ0v) is 11.3. The Kier molecular flexibility index (Phi) is 4.16. The van der Waals surface area contributed by atoms with Gasteiger partial charge in [-0.3, -0.25) is 5.41 Å². The monoisotopic (exact) mass is 293 g/mol. The first-order valence-electron chi connectivity index (χ1n) is 6.30. The lowest BCUT2D eigenvalue weighted by Gasteiger charge is -2.24. The Morgan fingerprint density at radius 2 is 1.62 bits per heavy atom. The summed E-state index contributed by atoms with van der Waals surface area (Å²) in [7, 11) is 0. The van der Waals surface area contributed by atoms with Crippen LogP contribution >= 0.6 is 0 Å². The number of nitrogen functional groups attached to an aromatic ring is 1. The van der Waals surface area contributed by atoms with Gasteiger partial charge in [-0.05, 0) is 43.3 Å². The second kappa shape index (κ2) is 5.87. The Morgan fingerprint density at radius 3 is 2.05 bits per heavy atom. The predicted molar refractivity (Wildman–Crippen MR) is 76.5 cm³/mol. The molecule has 0 heterocycles. The Balaban J connectivity index is 2.52. The Morgan fingerprint density at radius 1 is 1.10 bits per heavy atom. The Labute approximate surface area is 120 Å². The number of nitrogens with zero attached hydrogens (tertiary/aromatic N) is 1. The summed E-state index contributed by atoms with van der Waals surface area (Å²) >= 11 is 0. The van der Waals surface area contributed by atoms with E-state index < -0.39 is 23.3 Å². The summed E-state index contributed by atoms with van der Waals surface area (Å²) in [6, 6.07) is 7.34. The molecule has 3 nitrogen and oxygen atoms in total. The summed E-state index contributed by atoms with van der Waals surface area (Å²) in [5.74, 6) is -2.50. The minimum Gasteiger partial charge on any atom is -0.384 e. The van der Waals surface area contributed by atoms with Crippen molar-refractivity contribution in [2.75, 3.05) is 11.4 Å². The lowest BCUT2D eigenvalue weighted by atomic mass is 10.1. The highest BCUT2D eigenvalue weighted by molar-refractivity contribution is 5.95. The van der Waals surface area contributed by atoms with Crippen molar-refractivity contribution in [1.82, 2.24) is 0 Å². The van der Waals surface area contributed by atoms with Gasteiger partial charge in [-0.1, -0.05) is 0 Å². The first-order chi connectivity index (χ1) is 9.93. The number of rotatable bonds is 4. The van der Waals surface area contributed by atoms with Crippen LogP contribution in [-0.4, -0.2) is 12.4 Å². The molecular weight excluding hydrogens is 279 g/mol. The predicted octanol–water partition coefficient (Wildman–Crippen LogP) is 3.55. The summed E-state index contributed by atoms with van der Waals surface area (Å²) in [5, 5.41) is 7.23. The van der Waals surface area contributed by atoms with E-state index in [2.05, 4.69) is 0 Å². The van der Waals surface area contributed by atoms with Gasteiger partial charge in [0, 0.05) is 17.8 Å². The van der Waals surface area contributed by atoms with Gasteiger partial charge in [0.15, 0.2) is 11.6 Å². The largest absolute Gasteiger partial charge is 0.384 e. The third-order valence-electron chi connectivity index (χ3n) is 3.05. The number of halogens is 3. The van der Waals surface area contributed by atoms with Crippen LogP contribution in [0.15, 0.2) is 36.4 Å². The van der Waals surface area contributed by atoms with Crippen LogP contribution in [0.2, 0.25) is 0 Å². The number of benzene rings is 2. The molecule has 0 saturated heterocycles. The zero-order valence-electron chi connectivity index (χ0n) is 11.3. The summed E-state index contributed by atoms with van der Waals surface area (Å²) in [4.78, 5) is 1.38. The highest BCUT2D eigenvalue weighted by Gasteiger charge is 2.19. The van der Waals surface area contributed by atoms with Crippen molar-refractivity contribution in [3.63, 3.8) is 0 Å². The van der Waals surface area contributed by atoms with Crippen LogP contribution in [0, 0.1) is 22.9 Å². The van der Waals surface area contributed by atoms with Gasteiger partial charge in [0.25, 0.3) is 0 Å². The van der Waals surface area contributed by atoms with E-state index in [0.29, 0.717) is 12.2 Å². The molecule has 0 saturated carbocycles. The van der Waals surface area contributed by atoms with E-state index >= 15 is 0 Å². The summed E-state index contributed by atoms with van der Waals surface area (Å²) in [5.41, 5.74) is 5.42. The Hall–Kier alpha value is -2.50. The molecule has 0 aliphatic rings. The van der Waals surface area contributed by atoms with Crippen LogP contribution in [0.1, 0.15) is 12.5 Å². The normalized spacial score (nSPS) is 10.5. The average Bonchev–Trinajstić information content (AvgIpc) is 2.43. The van der Waals surface area contributed by atoms with Gasteiger partial charge in [0.1, 0.15) is 17.3 Å². The molecule has 0 aliphatic carbocycles. The van der Waals surface area contributed by atoms with Crippen LogP contribution < -0.4 is 10.6 Å². The van der Waals surface area contributed by atoms with Gasteiger partial charge in [-0.25, -0.2) is 13.2 Å². The summed E-state index contributed by atoms with van der Waals surface area (Å²) in [6.07, 6.45) is 0. The zero-order chi connectivity index (χ0) is 15.6. The fourth-order valence-corrected chi connectivity index (χ4v) is 2.07. The van der Waals surface area contributed by atoms with Crippen molar-refractivity contribution >= 4 is 17.2 Å². The highest BCUT2D eigenvalue weighted by Crippen LogP contribution is 2.31. The smallest absolute Gasteiger partial charge is 0.150 e. The molecule has 0 aromatic heterocycles. The standard InChI is InChI=1S/C15H14F3N3/c1-2-21(11-5-3-10(16)4-6-11)14-12(17)7-9(15(19)20)8-13(14)18/h3-8H,2H2,1H3,(H3,19,20). The molecule has 0 unspecified atom stereocenters. The maximum atomic E-state index is 14.2. The number of hydrogen-bond acceptors (Lipinski definition) is 2. The van der Waals surface area contributed by atoms with Crippen molar-refractivity contribution in [1.29, 1.82) is 5.41 Å². The molecule has 0 bridgehead atoms. The molecule has 2 rings (SSSR count). The van der Waals surface area contributed by atoms with E-state index in [0.717, 1.165) is 12.1 Å². The molecule has 2 aromatic carbocycles. The van der Waals surface area contributed by atoms with Crippen LogP contribution in [-0.2, 0) is 0 Å².